The first-order chi connectivity index (χ1) is 7.85. The van der Waals surface area contributed by atoms with Crippen LogP contribution in [-0.2, 0) is 10.2 Å². The second-order valence-electron chi connectivity index (χ2n) is 5.80. The first-order valence-electron chi connectivity index (χ1n) is 6.56. The lowest BCUT2D eigenvalue weighted by Crippen LogP contribution is -2.48. The summed E-state index contributed by atoms with van der Waals surface area (Å²) in [6, 6.07) is 0.266. The lowest BCUT2D eigenvalue weighted by atomic mass is 10.1. The molecule has 0 saturated heterocycles. The summed E-state index contributed by atoms with van der Waals surface area (Å²) in [6.45, 7) is 3.82. The Morgan fingerprint density at radius 2 is 1.35 bits per heavy atom. The van der Waals surface area contributed by atoms with Crippen molar-refractivity contribution in [3.05, 3.63) is 0 Å². The fourth-order valence-corrected chi connectivity index (χ4v) is 4.07. The van der Waals surface area contributed by atoms with E-state index in [0.29, 0.717) is 11.8 Å². The minimum absolute atomic E-state index is 0.0153. The highest BCUT2D eigenvalue weighted by molar-refractivity contribution is 7.86. The SMILES string of the molecule is CC(C)N(C)S(=O)(=O)N(C)C(C1CC1)C1CC1. The topological polar surface area (TPSA) is 40.6 Å². The van der Waals surface area contributed by atoms with Gasteiger partial charge in [0.15, 0.2) is 0 Å². The Morgan fingerprint density at radius 3 is 1.65 bits per heavy atom. The third kappa shape index (κ3) is 2.66. The molecule has 0 atom stereocenters. The minimum atomic E-state index is -3.28. The molecule has 0 amide bonds. The summed E-state index contributed by atoms with van der Waals surface area (Å²) in [6.07, 6.45) is 4.80. The molecule has 0 aromatic heterocycles. The van der Waals surface area contributed by atoms with Crippen molar-refractivity contribution in [3.63, 3.8) is 0 Å². The fraction of sp³-hybridized carbons (Fsp3) is 1.00. The number of rotatable bonds is 6. The molecular formula is C12H24N2O2S. The van der Waals surface area contributed by atoms with Gasteiger partial charge in [0.05, 0.1) is 0 Å². The molecule has 2 aliphatic rings. The van der Waals surface area contributed by atoms with Gasteiger partial charge in [0.1, 0.15) is 0 Å². The highest BCUT2D eigenvalue weighted by atomic mass is 32.2. The molecule has 0 bridgehead atoms. The van der Waals surface area contributed by atoms with Crippen LogP contribution in [0.15, 0.2) is 0 Å². The second-order valence-corrected chi connectivity index (χ2v) is 7.85. The molecule has 2 fully saturated rings. The van der Waals surface area contributed by atoms with Gasteiger partial charge in [-0.25, -0.2) is 0 Å². The molecule has 0 N–H and O–H groups in total. The first kappa shape index (κ1) is 13.3. The van der Waals surface area contributed by atoms with E-state index in [9.17, 15) is 8.42 Å². The Labute approximate surface area is 105 Å². The van der Waals surface area contributed by atoms with E-state index in [4.69, 9.17) is 0 Å². The molecule has 2 saturated carbocycles. The molecule has 0 unspecified atom stereocenters. The molecule has 0 aromatic rings. The normalized spacial score (nSPS) is 22.1. The van der Waals surface area contributed by atoms with E-state index in [2.05, 4.69) is 0 Å². The van der Waals surface area contributed by atoms with Crippen LogP contribution in [0.1, 0.15) is 39.5 Å². The molecule has 0 spiro atoms. The van der Waals surface area contributed by atoms with Crippen molar-refractivity contribution in [2.75, 3.05) is 14.1 Å². The van der Waals surface area contributed by atoms with Gasteiger partial charge < -0.3 is 0 Å². The predicted molar refractivity (Wildman–Crippen MR) is 68.8 cm³/mol. The summed E-state index contributed by atoms with van der Waals surface area (Å²) in [4.78, 5) is 0. The standard InChI is InChI=1S/C12H24N2O2S/c1-9(2)13(3)17(15,16)14(4)12(10-5-6-10)11-7-8-11/h9-12H,5-8H2,1-4H3. The van der Waals surface area contributed by atoms with Crippen LogP contribution < -0.4 is 0 Å². The Kier molecular flexibility index (Phi) is 3.54. The van der Waals surface area contributed by atoms with Gasteiger partial charge in [-0.1, -0.05) is 0 Å². The summed E-state index contributed by atoms with van der Waals surface area (Å²) in [5.41, 5.74) is 0. The van der Waals surface area contributed by atoms with E-state index in [1.165, 1.54) is 30.0 Å². The van der Waals surface area contributed by atoms with Crippen molar-refractivity contribution < 1.29 is 8.42 Å². The van der Waals surface area contributed by atoms with Crippen LogP contribution in [0.25, 0.3) is 0 Å². The zero-order valence-corrected chi connectivity index (χ0v) is 12.1. The van der Waals surface area contributed by atoms with Gasteiger partial charge in [-0.05, 0) is 51.4 Å². The van der Waals surface area contributed by atoms with Crippen molar-refractivity contribution in [1.29, 1.82) is 0 Å². The molecule has 0 radical (unpaired) electrons. The third-order valence-electron chi connectivity index (χ3n) is 4.08. The summed E-state index contributed by atoms with van der Waals surface area (Å²) < 4.78 is 28.0. The Bertz CT molecular complexity index is 360. The maximum Gasteiger partial charge on any atom is 0.281 e. The molecule has 100 valence electrons. The predicted octanol–water partition coefficient (Wildman–Crippen LogP) is 1.69. The molecule has 2 rings (SSSR count). The van der Waals surface area contributed by atoms with E-state index in [1.807, 2.05) is 13.8 Å². The highest BCUT2D eigenvalue weighted by Gasteiger charge is 2.47. The van der Waals surface area contributed by atoms with Crippen molar-refractivity contribution in [3.8, 4) is 0 Å². The maximum atomic E-state index is 12.4. The molecule has 0 heterocycles. The van der Waals surface area contributed by atoms with Crippen LogP contribution in [0.3, 0.4) is 0 Å². The van der Waals surface area contributed by atoms with E-state index >= 15 is 0 Å². The van der Waals surface area contributed by atoms with Gasteiger partial charge in [0, 0.05) is 26.2 Å². The van der Waals surface area contributed by atoms with Crippen LogP contribution in [0.4, 0.5) is 0 Å². The zero-order chi connectivity index (χ0) is 12.8. The number of nitrogens with zero attached hydrogens (tertiary/aromatic N) is 2. The van der Waals surface area contributed by atoms with Crippen molar-refractivity contribution in [2.24, 2.45) is 11.8 Å². The second kappa shape index (κ2) is 4.52. The number of hydrogen-bond donors (Lipinski definition) is 0. The molecule has 5 heteroatoms. The third-order valence-corrected chi connectivity index (χ3v) is 6.21. The van der Waals surface area contributed by atoms with Crippen LogP contribution in [0, 0.1) is 11.8 Å². The van der Waals surface area contributed by atoms with Crippen LogP contribution >= 0.6 is 0 Å². The van der Waals surface area contributed by atoms with Gasteiger partial charge in [-0.2, -0.15) is 17.0 Å². The highest BCUT2D eigenvalue weighted by Crippen LogP contribution is 2.47. The summed E-state index contributed by atoms with van der Waals surface area (Å²) in [5.74, 6) is 1.23. The first-order valence-corrected chi connectivity index (χ1v) is 7.96. The quantitative estimate of drug-likeness (QED) is 0.729. The smallest absolute Gasteiger partial charge is 0.195 e. The van der Waals surface area contributed by atoms with Gasteiger partial charge in [-0.15, -0.1) is 0 Å². The van der Waals surface area contributed by atoms with Gasteiger partial charge >= 0.3 is 0 Å². The Hall–Kier alpha value is -0.130. The number of hydrogen-bond acceptors (Lipinski definition) is 2. The van der Waals surface area contributed by atoms with Crippen molar-refractivity contribution >= 4 is 10.2 Å². The van der Waals surface area contributed by atoms with Crippen molar-refractivity contribution in [1.82, 2.24) is 8.61 Å². The maximum absolute atomic E-state index is 12.4. The van der Waals surface area contributed by atoms with Crippen LogP contribution in [0.2, 0.25) is 0 Å². The molecule has 17 heavy (non-hydrogen) atoms. The van der Waals surface area contributed by atoms with Crippen LogP contribution in [0.5, 0.6) is 0 Å². The summed E-state index contributed by atoms with van der Waals surface area (Å²) in [5, 5.41) is 0. The van der Waals surface area contributed by atoms with E-state index in [0.717, 1.165) is 0 Å². The average Bonchev–Trinajstić information content (AvgIpc) is 3.09. The summed E-state index contributed by atoms with van der Waals surface area (Å²) in [7, 11) is 0.153. The Morgan fingerprint density at radius 1 is 0.941 bits per heavy atom. The molecule has 2 aliphatic carbocycles. The lowest BCUT2D eigenvalue weighted by Gasteiger charge is -2.33. The van der Waals surface area contributed by atoms with Crippen molar-refractivity contribution in [2.45, 2.75) is 51.6 Å². The molecular weight excluding hydrogens is 236 g/mol. The molecule has 0 aliphatic heterocycles. The van der Waals surface area contributed by atoms with Gasteiger partial charge in [0.2, 0.25) is 0 Å². The molecule has 4 nitrogen and oxygen atoms in total. The van der Waals surface area contributed by atoms with Gasteiger partial charge in [0.25, 0.3) is 10.2 Å². The zero-order valence-electron chi connectivity index (χ0n) is 11.3. The van der Waals surface area contributed by atoms with Crippen LogP contribution in [-0.4, -0.2) is 43.2 Å². The van der Waals surface area contributed by atoms with Gasteiger partial charge in [-0.3, -0.25) is 0 Å². The lowest BCUT2D eigenvalue weighted by molar-refractivity contribution is 0.271. The average molecular weight is 260 g/mol. The fourth-order valence-electron chi connectivity index (χ4n) is 2.48. The summed E-state index contributed by atoms with van der Waals surface area (Å²) >= 11 is 0. The Balaban J connectivity index is 2.13. The largest absolute Gasteiger partial charge is 0.281 e. The van der Waals surface area contributed by atoms with E-state index < -0.39 is 10.2 Å². The van der Waals surface area contributed by atoms with E-state index in [1.54, 1.807) is 18.4 Å². The monoisotopic (exact) mass is 260 g/mol. The minimum Gasteiger partial charge on any atom is -0.195 e. The molecule has 0 aromatic carbocycles. The van der Waals surface area contributed by atoms with E-state index in [-0.39, 0.29) is 12.1 Å².